The van der Waals surface area contributed by atoms with E-state index in [-0.39, 0.29) is 19.2 Å². The maximum Gasteiger partial charge on any atom is 0.306 e. The first kappa shape index (κ1) is 62.2. The Morgan fingerprint density at radius 3 is 1.09 bits per heavy atom. The predicted molar refractivity (Wildman–Crippen MR) is 270 cm³/mol. The van der Waals surface area contributed by atoms with Crippen LogP contribution in [0.2, 0.25) is 0 Å². The zero-order valence-corrected chi connectivity index (χ0v) is 43.0. The molecule has 1 aliphatic heterocycles. The third-order valence-electron chi connectivity index (χ3n) is 13.8. The molecule has 388 valence electrons. The molecule has 0 bridgehead atoms. The summed E-state index contributed by atoms with van der Waals surface area (Å²) in [6.07, 6.45) is 48.7. The molecular weight excluding hydrogens is 817 g/mol. The Balaban J connectivity index is 2.11. The zero-order chi connectivity index (χ0) is 47.1. The number of unbranched alkanes of at least 4 members (excludes halogenated alkanes) is 40. The standard InChI is InChI=1S/C56H110O9/c1-3-5-7-9-11-13-15-17-19-21-22-23-24-25-26-27-28-30-32-34-36-38-40-42-44-46-62-48-50(49-63-56-55(61)54(60)53(59)51(47-57)65-56)64-52(58)45-43-41-39-37-35-33-31-29-20-18-16-14-12-10-8-6-4-2/h50-51,53-57,59-61H,3-49H2,1-2H3. The first-order chi connectivity index (χ1) is 31.9. The highest BCUT2D eigenvalue weighted by Crippen LogP contribution is 2.23. The van der Waals surface area contributed by atoms with Gasteiger partial charge in [-0.15, -0.1) is 0 Å². The lowest BCUT2D eigenvalue weighted by atomic mass is 9.99. The molecule has 1 fully saturated rings. The second kappa shape index (κ2) is 48.2. The molecule has 0 amide bonds. The number of carbonyl (C=O) groups is 1. The van der Waals surface area contributed by atoms with Crippen LogP contribution in [-0.4, -0.2) is 89.6 Å². The molecule has 65 heavy (non-hydrogen) atoms. The molecule has 0 aromatic carbocycles. The van der Waals surface area contributed by atoms with Gasteiger partial charge in [0.2, 0.25) is 0 Å². The fraction of sp³-hybridized carbons (Fsp3) is 0.982. The summed E-state index contributed by atoms with van der Waals surface area (Å²) in [5, 5.41) is 40.3. The van der Waals surface area contributed by atoms with Crippen molar-refractivity contribution in [1.29, 1.82) is 0 Å². The van der Waals surface area contributed by atoms with Gasteiger partial charge in [-0.3, -0.25) is 4.79 Å². The van der Waals surface area contributed by atoms with E-state index >= 15 is 0 Å². The summed E-state index contributed by atoms with van der Waals surface area (Å²) in [4.78, 5) is 12.9. The highest BCUT2D eigenvalue weighted by molar-refractivity contribution is 5.69. The topological polar surface area (TPSA) is 135 Å². The van der Waals surface area contributed by atoms with Gasteiger partial charge in [0.15, 0.2) is 6.29 Å². The van der Waals surface area contributed by atoms with Crippen molar-refractivity contribution in [2.24, 2.45) is 0 Å². The molecule has 9 heteroatoms. The van der Waals surface area contributed by atoms with Crippen molar-refractivity contribution < 1.29 is 44.2 Å². The molecule has 0 spiro atoms. The van der Waals surface area contributed by atoms with Gasteiger partial charge in [0, 0.05) is 13.0 Å². The number of ether oxygens (including phenoxy) is 4. The van der Waals surface area contributed by atoms with Crippen molar-refractivity contribution in [1.82, 2.24) is 0 Å². The van der Waals surface area contributed by atoms with Gasteiger partial charge in [-0.2, -0.15) is 0 Å². The van der Waals surface area contributed by atoms with Crippen LogP contribution in [-0.2, 0) is 23.7 Å². The van der Waals surface area contributed by atoms with Crippen molar-refractivity contribution in [2.45, 2.75) is 327 Å². The van der Waals surface area contributed by atoms with E-state index in [0.717, 1.165) is 32.1 Å². The Kier molecular flexibility index (Phi) is 46.1. The Morgan fingerprint density at radius 1 is 0.431 bits per heavy atom. The molecule has 1 heterocycles. The zero-order valence-electron chi connectivity index (χ0n) is 43.0. The van der Waals surface area contributed by atoms with Gasteiger partial charge in [0.1, 0.15) is 30.5 Å². The average Bonchev–Trinajstić information content (AvgIpc) is 3.31. The maximum absolute atomic E-state index is 12.9. The van der Waals surface area contributed by atoms with Crippen molar-refractivity contribution in [2.75, 3.05) is 26.4 Å². The predicted octanol–water partition coefficient (Wildman–Crippen LogP) is 14.5. The number of aliphatic hydroxyl groups excluding tert-OH is 4. The van der Waals surface area contributed by atoms with Gasteiger partial charge in [-0.25, -0.2) is 0 Å². The van der Waals surface area contributed by atoms with Crippen molar-refractivity contribution in [3.63, 3.8) is 0 Å². The molecule has 0 aliphatic carbocycles. The summed E-state index contributed by atoms with van der Waals surface area (Å²) in [6, 6.07) is 0. The molecule has 1 aliphatic rings. The lowest BCUT2D eigenvalue weighted by Crippen LogP contribution is -2.59. The SMILES string of the molecule is CCCCCCCCCCCCCCCCCCCCCCCCCCCOCC(COC1OC(CO)C(O)C(O)C1O)OC(=O)CCCCCCCCCCCCCCCCCCC. The number of carbonyl (C=O) groups excluding carboxylic acids is 1. The summed E-state index contributed by atoms with van der Waals surface area (Å²) >= 11 is 0. The molecule has 1 saturated heterocycles. The second-order valence-corrected chi connectivity index (χ2v) is 20.1. The van der Waals surface area contributed by atoms with Crippen molar-refractivity contribution in [3.05, 3.63) is 0 Å². The summed E-state index contributed by atoms with van der Waals surface area (Å²) < 4.78 is 23.0. The van der Waals surface area contributed by atoms with Crippen LogP contribution in [0.1, 0.15) is 290 Å². The molecule has 0 aromatic rings. The van der Waals surface area contributed by atoms with Crippen LogP contribution >= 0.6 is 0 Å². The van der Waals surface area contributed by atoms with E-state index in [2.05, 4.69) is 13.8 Å². The molecule has 0 radical (unpaired) electrons. The minimum absolute atomic E-state index is 0.104. The average molecular weight is 927 g/mol. The number of aliphatic hydroxyl groups is 4. The molecule has 0 saturated carbocycles. The summed E-state index contributed by atoms with van der Waals surface area (Å²) in [6.45, 7) is 4.64. The minimum Gasteiger partial charge on any atom is -0.457 e. The largest absolute Gasteiger partial charge is 0.457 e. The molecule has 1 rings (SSSR count). The summed E-state index contributed by atoms with van der Waals surface area (Å²) in [5.41, 5.74) is 0. The fourth-order valence-corrected chi connectivity index (χ4v) is 9.32. The number of esters is 1. The van der Waals surface area contributed by atoms with E-state index in [1.807, 2.05) is 0 Å². The Labute approximate surface area is 402 Å². The molecule has 9 nitrogen and oxygen atoms in total. The highest BCUT2D eigenvalue weighted by Gasteiger charge is 2.44. The van der Waals surface area contributed by atoms with Gasteiger partial charge in [-0.1, -0.05) is 271 Å². The molecular formula is C56H110O9. The quantitative estimate of drug-likeness (QED) is 0.0347. The van der Waals surface area contributed by atoms with Gasteiger partial charge < -0.3 is 39.4 Å². The smallest absolute Gasteiger partial charge is 0.306 e. The lowest BCUT2D eigenvalue weighted by molar-refractivity contribution is -0.305. The van der Waals surface area contributed by atoms with E-state index < -0.39 is 43.4 Å². The van der Waals surface area contributed by atoms with Crippen molar-refractivity contribution >= 4 is 5.97 Å². The van der Waals surface area contributed by atoms with Crippen LogP contribution in [0.3, 0.4) is 0 Å². The lowest BCUT2D eigenvalue weighted by Gasteiger charge is -2.39. The summed E-state index contributed by atoms with van der Waals surface area (Å²) in [5.74, 6) is -0.304. The molecule has 0 aromatic heterocycles. The van der Waals surface area contributed by atoms with Gasteiger partial charge >= 0.3 is 5.97 Å². The number of rotatable bonds is 51. The van der Waals surface area contributed by atoms with Crippen LogP contribution in [0.4, 0.5) is 0 Å². The van der Waals surface area contributed by atoms with Crippen LogP contribution < -0.4 is 0 Å². The van der Waals surface area contributed by atoms with Gasteiger partial charge in [0.05, 0.1) is 19.8 Å². The van der Waals surface area contributed by atoms with Crippen LogP contribution in [0.5, 0.6) is 0 Å². The van der Waals surface area contributed by atoms with E-state index in [9.17, 15) is 25.2 Å². The van der Waals surface area contributed by atoms with Crippen LogP contribution in [0, 0.1) is 0 Å². The minimum atomic E-state index is -1.53. The Morgan fingerprint density at radius 2 is 0.754 bits per heavy atom. The van der Waals surface area contributed by atoms with E-state index in [4.69, 9.17) is 18.9 Å². The Bertz CT molecular complexity index is 966. The monoisotopic (exact) mass is 927 g/mol. The second-order valence-electron chi connectivity index (χ2n) is 20.1. The highest BCUT2D eigenvalue weighted by atomic mass is 16.7. The molecule has 4 N–H and O–H groups in total. The van der Waals surface area contributed by atoms with E-state index in [1.165, 1.54) is 238 Å². The van der Waals surface area contributed by atoms with E-state index in [0.29, 0.717) is 13.0 Å². The summed E-state index contributed by atoms with van der Waals surface area (Å²) in [7, 11) is 0. The van der Waals surface area contributed by atoms with Gasteiger partial charge in [0.25, 0.3) is 0 Å². The van der Waals surface area contributed by atoms with Crippen LogP contribution in [0.25, 0.3) is 0 Å². The van der Waals surface area contributed by atoms with Crippen molar-refractivity contribution in [3.8, 4) is 0 Å². The third-order valence-corrected chi connectivity index (χ3v) is 13.8. The molecule has 6 atom stereocenters. The first-order valence-electron chi connectivity index (χ1n) is 28.6. The number of hydrogen-bond donors (Lipinski definition) is 4. The van der Waals surface area contributed by atoms with Gasteiger partial charge in [-0.05, 0) is 12.8 Å². The number of hydrogen-bond acceptors (Lipinski definition) is 9. The first-order valence-corrected chi connectivity index (χ1v) is 28.6. The third kappa shape index (κ3) is 38.7. The normalized spacial score (nSPS) is 19.3. The fourth-order valence-electron chi connectivity index (χ4n) is 9.32. The maximum atomic E-state index is 12.9. The van der Waals surface area contributed by atoms with Crippen LogP contribution in [0.15, 0.2) is 0 Å². The Hall–Kier alpha value is -0.810. The molecule has 6 unspecified atom stereocenters. The van der Waals surface area contributed by atoms with E-state index in [1.54, 1.807) is 0 Å².